The SMILES string of the molecule is O=C(OCc1ccc(Cl)c(F)c1)N1CCN(C2CCN(C(=O)c3ccc4n[nH]nc4c3)CC2)CC1. The summed E-state index contributed by atoms with van der Waals surface area (Å²) in [6.07, 6.45) is 1.39. The predicted molar refractivity (Wildman–Crippen MR) is 128 cm³/mol. The van der Waals surface area contributed by atoms with Gasteiger partial charge in [-0.25, -0.2) is 9.18 Å². The van der Waals surface area contributed by atoms with Gasteiger partial charge in [0.1, 0.15) is 23.5 Å². The molecule has 1 aromatic heterocycles. The minimum Gasteiger partial charge on any atom is -0.445 e. The molecule has 0 radical (unpaired) electrons. The molecule has 2 amide bonds. The molecule has 2 fully saturated rings. The Balaban J connectivity index is 1.07. The van der Waals surface area contributed by atoms with Gasteiger partial charge >= 0.3 is 6.09 Å². The van der Waals surface area contributed by atoms with Crippen LogP contribution in [0.4, 0.5) is 9.18 Å². The monoisotopic (exact) mass is 500 g/mol. The van der Waals surface area contributed by atoms with Crippen LogP contribution in [-0.2, 0) is 11.3 Å². The molecule has 2 aliphatic heterocycles. The summed E-state index contributed by atoms with van der Waals surface area (Å²) in [4.78, 5) is 31.3. The Kier molecular flexibility index (Phi) is 6.83. The maximum absolute atomic E-state index is 13.6. The average Bonchev–Trinajstić information content (AvgIpc) is 3.37. The highest BCUT2D eigenvalue weighted by atomic mass is 35.5. The maximum Gasteiger partial charge on any atom is 0.410 e. The highest BCUT2D eigenvalue weighted by Crippen LogP contribution is 2.22. The molecular formula is C24H26ClFN6O3. The van der Waals surface area contributed by atoms with Gasteiger partial charge in [-0.05, 0) is 48.7 Å². The summed E-state index contributed by atoms with van der Waals surface area (Å²) in [6, 6.07) is 10.1. The van der Waals surface area contributed by atoms with Gasteiger partial charge in [0.15, 0.2) is 0 Å². The molecule has 1 N–H and O–H groups in total. The Morgan fingerprint density at radius 3 is 2.46 bits per heavy atom. The van der Waals surface area contributed by atoms with Crippen molar-refractivity contribution in [3.63, 3.8) is 0 Å². The van der Waals surface area contributed by atoms with Crippen molar-refractivity contribution in [1.82, 2.24) is 30.1 Å². The van der Waals surface area contributed by atoms with Gasteiger partial charge in [-0.2, -0.15) is 15.4 Å². The van der Waals surface area contributed by atoms with Crippen molar-refractivity contribution in [3.8, 4) is 0 Å². The number of hydrogen-bond donors (Lipinski definition) is 1. The van der Waals surface area contributed by atoms with E-state index < -0.39 is 11.9 Å². The molecule has 0 unspecified atom stereocenters. The summed E-state index contributed by atoms with van der Waals surface area (Å²) in [7, 11) is 0. The number of nitrogens with zero attached hydrogens (tertiary/aromatic N) is 5. The quantitative estimate of drug-likeness (QED) is 0.590. The third-order valence-corrected chi connectivity index (χ3v) is 7.06. The number of carbonyl (C=O) groups excluding carboxylic acids is 2. The van der Waals surface area contributed by atoms with Crippen LogP contribution < -0.4 is 0 Å². The Labute approximate surface area is 206 Å². The number of rotatable bonds is 4. The smallest absolute Gasteiger partial charge is 0.410 e. The second-order valence-electron chi connectivity index (χ2n) is 8.88. The number of aromatic amines is 1. The van der Waals surface area contributed by atoms with Gasteiger partial charge in [0.2, 0.25) is 0 Å². The van der Waals surface area contributed by atoms with Crippen LogP contribution in [-0.4, -0.2) is 87.4 Å². The first-order valence-corrected chi connectivity index (χ1v) is 12.1. The van der Waals surface area contributed by atoms with E-state index in [1.54, 1.807) is 29.2 Å². The van der Waals surface area contributed by atoms with Crippen LogP contribution in [0.25, 0.3) is 11.0 Å². The van der Waals surface area contributed by atoms with Crippen LogP contribution in [0.2, 0.25) is 5.02 Å². The molecule has 0 aliphatic carbocycles. The Morgan fingerprint density at radius 2 is 1.71 bits per heavy atom. The van der Waals surface area contributed by atoms with Crippen molar-refractivity contribution in [3.05, 3.63) is 58.4 Å². The van der Waals surface area contributed by atoms with Crippen LogP contribution in [0.15, 0.2) is 36.4 Å². The van der Waals surface area contributed by atoms with Gasteiger partial charge < -0.3 is 14.5 Å². The van der Waals surface area contributed by atoms with Gasteiger partial charge in [0, 0.05) is 50.9 Å². The zero-order valence-corrected chi connectivity index (χ0v) is 19.9. The van der Waals surface area contributed by atoms with Crippen molar-refractivity contribution >= 4 is 34.6 Å². The number of hydrogen-bond acceptors (Lipinski definition) is 6. The van der Waals surface area contributed by atoms with E-state index in [2.05, 4.69) is 20.3 Å². The molecule has 11 heteroatoms. The summed E-state index contributed by atoms with van der Waals surface area (Å²) in [5.41, 5.74) is 2.60. The van der Waals surface area contributed by atoms with E-state index >= 15 is 0 Å². The fourth-order valence-electron chi connectivity index (χ4n) is 4.73. The van der Waals surface area contributed by atoms with Gasteiger partial charge in [0.25, 0.3) is 5.91 Å². The molecule has 0 saturated carbocycles. The molecule has 9 nitrogen and oxygen atoms in total. The number of ether oxygens (including phenoxy) is 1. The van der Waals surface area contributed by atoms with Crippen LogP contribution in [0, 0.1) is 5.82 Å². The lowest BCUT2D eigenvalue weighted by atomic mass is 10.0. The standard InChI is InChI=1S/C24H26ClFN6O3/c25-19-3-1-16(13-20(19)26)15-35-24(34)32-11-9-30(10-12-32)18-5-7-31(8-6-18)23(33)17-2-4-21-22(14-17)28-29-27-21/h1-4,13-14,18H,5-12,15H2,(H,27,28,29). The van der Waals surface area contributed by atoms with E-state index in [0.29, 0.717) is 48.9 Å². The first-order valence-electron chi connectivity index (χ1n) is 11.7. The summed E-state index contributed by atoms with van der Waals surface area (Å²) < 4.78 is 18.9. The molecule has 2 aliphatic rings. The van der Waals surface area contributed by atoms with Crippen LogP contribution >= 0.6 is 11.6 Å². The topological polar surface area (TPSA) is 94.7 Å². The van der Waals surface area contributed by atoms with Crippen molar-refractivity contribution in [1.29, 1.82) is 0 Å². The van der Waals surface area contributed by atoms with E-state index in [9.17, 15) is 14.0 Å². The molecule has 0 bridgehead atoms. The Hall–Kier alpha value is -3.24. The number of piperidine rings is 1. The molecular weight excluding hydrogens is 475 g/mol. The van der Waals surface area contributed by atoms with E-state index in [0.717, 1.165) is 31.4 Å². The number of amides is 2. The van der Waals surface area contributed by atoms with Gasteiger partial charge in [-0.1, -0.05) is 17.7 Å². The van der Waals surface area contributed by atoms with E-state index in [1.807, 2.05) is 4.90 Å². The summed E-state index contributed by atoms with van der Waals surface area (Å²) in [5, 5.41) is 10.7. The van der Waals surface area contributed by atoms with Gasteiger partial charge in [-0.3, -0.25) is 9.69 Å². The first-order chi connectivity index (χ1) is 17.0. The lowest BCUT2D eigenvalue weighted by Gasteiger charge is -2.42. The Bertz CT molecular complexity index is 1220. The number of likely N-dealkylation sites (tertiary alicyclic amines) is 1. The zero-order valence-electron chi connectivity index (χ0n) is 19.1. The van der Waals surface area contributed by atoms with Crippen molar-refractivity contribution in [2.45, 2.75) is 25.5 Å². The molecule has 184 valence electrons. The third-order valence-electron chi connectivity index (χ3n) is 6.75. The largest absolute Gasteiger partial charge is 0.445 e. The second-order valence-corrected chi connectivity index (χ2v) is 9.28. The normalized spacial score (nSPS) is 17.7. The summed E-state index contributed by atoms with van der Waals surface area (Å²) in [5.74, 6) is -0.515. The highest BCUT2D eigenvalue weighted by Gasteiger charge is 2.31. The Morgan fingerprint density at radius 1 is 0.971 bits per heavy atom. The maximum atomic E-state index is 13.6. The highest BCUT2D eigenvalue weighted by molar-refractivity contribution is 6.30. The van der Waals surface area contributed by atoms with Crippen LogP contribution in [0.3, 0.4) is 0 Å². The number of fused-ring (bicyclic) bond motifs is 1. The number of nitrogens with one attached hydrogen (secondary N) is 1. The fraction of sp³-hybridized carbons (Fsp3) is 0.417. The van der Waals surface area contributed by atoms with Crippen LogP contribution in [0.1, 0.15) is 28.8 Å². The van der Waals surface area contributed by atoms with Crippen LogP contribution in [0.5, 0.6) is 0 Å². The number of benzene rings is 2. The van der Waals surface area contributed by atoms with Gasteiger partial charge in [-0.15, -0.1) is 0 Å². The molecule has 2 aromatic carbocycles. The molecule has 0 spiro atoms. The lowest BCUT2D eigenvalue weighted by Crippen LogP contribution is -2.54. The summed E-state index contributed by atoms with van der Waals surface area (Å²) >= 11 is 5.69. The second kappa shape index (κ2) is 10.2. The average molecular weight is 501 g/mol. The zero-order chi connectivity index (χ0) is 24.4. The first kappa shape index (κ1) is 23.5. The van der Waals surface area contributed by atoms with E-state index in [-0.39, 0.29) is 17.5 Å². The minimum atomic E-state index is -0.530. The van der Waals surface area contributed by atoms with Gasteiger partial charge in [0.05, 0.1) is 5.02 Å². The third kappa shape index (κ3) is 5.23. The summed E-state index contributed by atoms with van der Waals surface area (Å²) in [6.45, 7) is 4.05. The molecule has 5 rings (SSSR count). The molecule has 3 heterocycles. The van der Waals surface area contributed by atoms with E-state index in [4.69, 9.17) is 16.3 Å². The predicted octanol–water partition coefficient (Wildman–Crippen LogP) is 3.31. The molecule has 3 aromatic rings. The number of aromatic nitrogens is 3. The number of halogens is 2. The molecule has 0 atom stereocenters. The molecule has 35 heavy (non-hydrogen) atoms. The number of carbonyl (C=O) groups is 2. The number of H-pyrrole nitrogens is 1. The fourth-order valence-corrected chi connectivity index (χ4v) is 4.84. The van der Waals surface area contributed by atoms with E-state index in [1.165, 1.54) is 12.1 Å². The number of piperazine rings is 1. The lowest BCUT2D eigenvalue weighted by molar-refractivity contribution is 0.0394. The minimum absolute atomic E-state index is 0.00319. The van der Waals surface area contributed by atoms with Crippen molar-refractivity contribution in [2.75, 3.05) is 39.3 Å². The molecule has 2 saturated heterocycles. The van der Waals surface area contributed by atoms with Crippen molar-refractivity contribution in [2.24, 2.45) is 0 Å². The van der Waals surface area contributed by atoms with Crippen molar-refractivity contribution < 1.29 is 18.7 Å².